The molecular weight excluding hydrogens is 220 g/mol. The maximum atomic E-state index is 11.8. The highest BCUT2D eigenvalue weighted by Crippen LogP contribution is 1.99. The average molecular weight is 244 g/mol. The Morgan fingerprint density at radius 3 is 2.76 bits per heavy atom. The molecule has 1 aliphatic rings. The molecule has 1 rings (SSSR count). The fraction of sp³-hybridized carbons (Fsp3) is 0.917. The fourth-order valence-electron chi connectivity index (χ4n) is 1.75. The van der Waals surface area contributed by atoms with Gasteiger partial charge >= 0.3 is 0 Å². The van der Waals surface area contributed by atoms with Crippen LogP contribution in [0.25, 0.3) is 0 Å². The molecule has 0 saturated carbocycles. The van der Waals surface area contributed by atoms with Crippen LogP contribution in [0.5, 0.6) is 0 Å². The van der Waals surface area contributed by atoms with Gasteiger partial charge in [-0.1, -0.05) is 0 Å². The van der Waals surface area contributed by atoms with Crippen molar-refractivity contribution in [3.63, 3.8) is 0 Å². The summed E-state index contributed by atoms with van der Waals surface area (Å²) >= 11 is 0. The van der Waals surface area contributed by atoms with E-state index in [9.17, 15) is 4.79 Å². The number of hydrogen-bond donors (Lipinski definition) is 1. The van der Waals surface area contributed by atoms with Crippen LogP contribution < -0.4 is 5.32 Å². The Balaban J connectivity index is 2.06. The van der Waals surface area contributed by atoms with Gasteiger partial charge in [0.15, 0.2) is 0 Å². The SMILES string of the molecule is CCOCC(C)OCCC(=O)N1CCNCC1. The van der Waals surface area contributed by atoms with Gasteiger partial charge < -0.3 is 19.7 Å². The number of nitrogens with zero attached hydrogens (tertiary/aromatic N) is 1. The van der Waals surface area contributed by atoms with E-state index in [4.69, 9.17) is 9.47 Å². The molecule has 0 aromatic rings. The molecule has 0 aliphatic carbocycles. The summed E-state index contributed by atoms with van der Waals surface area (Å²) in [5.41, 5.74) is 0. The van der Waals surface area contributed by atoms with Crippen molar-refractivity contribution >= 4 is 5.91 Å². The van der Waals surface area contributed by atoms with Crippen LogP contribution >= 0.6 is 0 Å². The second kappa shape index (κ2) is 8.44. The Labute approximate surface area is 103 Å². The highest BCUT2D eigenvalue weighted by atomic mass is 16.5. The fourth-order valence-corrected chi connectivity index (χ4v) is 1.75. The van der Waals surface area contributed by atoms with Gasteiger partial charge in [0.05, 0.1) is 25.7 Å². The molecule has 0 spiro atoms. The van der Waals surface area contributed by atoms with E-state index >= 15 is 0 Å². The van der Waals surface area contributed by atoms with Gasteiger partial charge in [-0.25, -0.2) is 0 Å². The number of hydrogen-bond acceptors (Lipinski definition) is 4. The zero-order valence-corrected chi connectivity index (χ0v) is 10.9. The lowest BCUT2D eigenvalue weighted by Crippen LogP contribution is -2.46. The van der Waals surface area contributed by atoms with Gasteiger partial charge in [0.2, 0.25) is 5.91 Å². The number of ether oxygens (including phenoxy) is 2. The Kier molecular flexibility index (Phi) is 7.16. The van der Waals surface area contributed by atoms with Crippen LogP contribution in [0.2, 0.25) is 0 Å². The molecule has 0 bridgehead atoms. The molecule has 0 radical (unpaired) electrons. The number of nitrogens with one attached hydrogen (secondary N) is 1. The maximum Gasteiger partial charge on any atom is 0.224 e. The molecule has 1 aliphatic heterocycles. The third kappa shape index (κ3) is 6.00. The number of amides is 1. The van der Waals surface area contributed by atoms with Crippen molar-refractivity contribution in [2.45, 2.75) is 26.4 Å². The van der Waals surface area contributed by atoms with Crippen molar-refractivity contribution in [1.82, 2.24) is 10.2 Å². The van der Waals surface area contributed by atoms with Crippen LogP contribution in [0.3, 0.4) is 0 Å². The number of carbonyl (C=O) groups is 1. The van der Waals surface area contributed by atoms with Crippen LogP contribution in [0.15, 0.2) is 0 Å². The summed E-state index contributed by atoms with van der Waals surface area (Å²) in [7, 11) is 0. The molecule has 17 heavy (non-hydrogen) atoms. The lowest BCUT2D eigenvalue weighted by atomic mass is 10.3. The molecule has 1 atom stereocenters. The summed E-state index contributed by atoms with van der Waals surface area (Å²) in [5, 5.41) is 3.23. The molecule has 0 aromatic heterocycles. The van der Waals surface area contributed by atoms with E-state index in [1.807, 2.05) is 18.7 Å². The number of carbonyl (C=O) groups excluding carboxylic acids is 1. The molecule has 1 saturated heterocycles. The summed E-state index contributed by atoms with van der Waals surface area (Å²) in [4.78, 5) is 13.7. The van der Waals surface area contributed by atoms with Crippen molar-refractivity contribution < 1.29 is 14.3 Å². The largest absolute Gasteiger partial charge is 0.379 e. The van der Waals surface area contributed by atoms with Crippen molar-refractivity contribution in [3.05, 3.63) is 0 Å². The van der Waals surface area contributed by atoms with Gasteiger partial charge in [0.1, 0.15) is 0 Å². The van der Waals surface area contributed by atoms with Crippen LogP contribution in [-0.4, -0.2) is 62.9 Å². The van der Waals surface area contributed by atoms with Gasteiger partial charge in [-0.15, -0.1) is 0 Å². The van der Waals surface area contributed by atoms with E-state index in [2.05, 4.69) is 5.32 Å². The predicted octanol–water partition coefficient (Wildman–Crippen LogP) is 0.250. The highest BCUT2D eigenvalue weighted by molar-refractivity contribution is 5.76. The molecule has 1 heterocycles. The van der Waals surface area contributed by atoms with E-state index < -0.39 is 0 Å². The van der Waals surface area contributed by atoms with Crippen LogP contribution in [0, 0.1) is 0 Å². The van der Waals surface area contributed by atoms with Gasteiger partial charge in [0, 0.05) is 32.8 Å². The Bertz CT molecular complexity index is 218. The predicted molar refractivity (Wildman–Crippen MR) is 66.0 cm³/mol. The second-order valence-corrected chi connectivity index (χ2v) is 4.22. The molecule has 1 amide bonds. The van der Waals surface area contributed by atoms with Crippen LogP contribution in [0.4, 0.5) is 0 Å². The molecule has 0 aromatic carbocycles. The quantitative estimate of drug-likeness (QED) is 0.697. The summed E-state index contributed by atoms with van der Waals surface area (Å²) in [6.45, 7) is 9.12. The molecule has 1 fully saturated rings. The third-order valence-corrected chi connectivity index (χ3v) is 2.74. The molecule has 1 N–H and O–H groups in total. The van der Waals surface area contributed by atoms with Crippen LogP contribution in [0.1, 0.15) is 20.3 Å². The lowest BCUT2D eigenvalue weighted by Gasteiger charge is -2.27. The first-order valence-electron chi connectivity index (χ1n) is 6.42. The Morgan fingerprint density at radius 2 is 2.12 bits per heavy atom. The first-order chi connectivity index (χ1) is 8.24. The second-order valence-electron chi connectivity index (χ2n) is 4.22. The Morgan fingerprint density at radius 1 is 1.41 bits per heavy atom. The molecular formula is C12H24N2O3. The summed E-state index contributed by atoms with van der Waals surface area (Å²) < 4.78 is 10.8. The number of rotatable bonds is 7. The third-order valence-electron chi connectivity index (χ3n) is 2.74. The van der Waals surface area contributed by atoms with Gasteiger partial charge in [-0.05, 0) is 13.8 Å². The minimum Gasteiger partial charge on any atom is -0.379 e. The Hall–Kier alpha value is -0.650. The van der Waals surface area contributed by atoms with Gasteiger partial charge in [-0.3, -0.25) is 4.79 Å². The molecule has 5 heteroatoms. The van der Waals surface area contributed by atoms with Gasteiger partial charge in [0.25, 0.3) is 0 Å². The van der Waals surface area contributed by atoms with E-state index in [0.29, 0.717) is 26.2 Å². The van der Waals surface area contributed by atoms with E-state index in [1.54, 1.807) is 0 Å². The normalized spacial score (nSPS) is 18.1. The molecule has 5 nitrogen and oxygen atoms in total. The summed E-state index contributed by atoms with van der Waals surface area (Å²) in [6, 6.07) is 0. The van der Waals surface area contributed by atoms with Crippen molar-refractivity contribution in [3.8, 4) is 0 Å². The van der Waals surface area contributed by atoms with E-state index in [0.717, 1.165) is 26.2 Å². The lowest BCUT2D eigenvalue weighted by molar-refractivity contribution is -0.133. The van der Waals surface area contributed by atoms with Crippen molar-refractivity contribution in [2.24, 2.45) is 0 Å². The van der Waals surface area contributed by atoms with E-state index in [-0.39, 0.29) is 12.0 Å². The summed E-state index contributed by atoms with van der Waals surface area (Å²) in [5.74, 6) is 0.190. The summed E-state index contributed by atoms with van der Waals surface area (Å²) in [6.07, 6.45) is 0.530. The monoisotopic (exact) mass is 244 g/mol. The minimum absolute atomic E-state index is 0.0609. The van der Waals surface area contributed by atoms with Crippen molar-refractivity contribution in [2.75, 3.05) is 46.0 Å². The zero-order chi connectivity index (χ0) is 12.5. The molecule has 100 valence electrons. The van der Waals surface area contributed by atoms with Crippen molar-refractivity contribution in [1.29, 1.82) is 0 Å². The first-order valence-corrected chi connectivity index (χ1v) is 6.42. The average Bonchev–Trinajstić information content (AvgIpc) is 2.37. The van der Waals surface area contributed by atoms with Gasteiger partial charge in [-0.2, -0.15) is 0 Å². The van der Waals surface area contributed by atoms with E-state index in [1.165, 1.54) is 0 Å². The number of piperazine rings is 1. The minimum atomic E-state index is 0.0609. The van der Waals surface area contributed by atoms with Crippen LogP contribution in [-0.2, 0) is 14.3 Å². The topological polar surface area (TPSA) is 50.8 Å². The standard InChI is InChI=1S/C12H24N2O3/c1-3-16-10-11(2)17-9-4-12(15)14-7-5-13-6-8-14/h11,13H,3-10H2,1-2H3. The zero-order valence-electron chi connectivity index (χ0n) is 10.9. The molecule has 1 unspecified atom stereocenters. The maximum absolute atomic E-state index is 11.8. The highest BCUT2D eigenvalue weighted by Gasteiger charge is 2.15. The smallest absolute Gasteiger partial charge is 0.224 e. The first kappa shape index (κ1) is 14.4.